The molecule has 3 N–H and O–H groups in total. The summed E-state index contributed by atoms with van der Waals surface area (Å²) in [5, 5.41) is 0. The van der Waals surface area contributed by atoms with Crippen molar-refractivity contribution in [2.75, 3.05) is 26.4 Å². The van der Waals surface area contributed by atoms with Crippen LogP contribution in [0.5, 0.6) is 0 Å². The highest BCUT2D eigenvalue weighted by molar-refractivity contribution is 7.47. The van der Waals surface area contributed by atoms with Gasteiger partial charge in [0, 0.05) is 19.4 Å². The van der Waals surface area contributed by atoms with Crippen LogP contribution in [0.25, 0.3) is 0 Å². The quantitative estimate of drug-likeness (QED) is 0.0454. The Morgan fingerprint density at radius 3 is 1.54 bits per heavy atom. The molecular weight excluding hydrogens is 545 g/mol. The third-order valence-electron chi connectivity index (χ3n) is 6.96. The van der Waals surface area contributed by atoms with Gasteiger partial charge in [-0.3, -0.25) is 18.6 Å². The van der Waals surface area contributed by atoms with Crippen LogP contribution in [0, 0.1) is 0 Å². The smallest absolute Gasteiger partial charge is 0.462 e. The summed E-state index contributed by atoms with van der Waals surface area (Å²) in [6.45, 7) is 3.33. The van der Waals surface area contributed by atoms with Crippen molar-refractivity contribution < 1.29 is 37.6 Å². The lowest BCUT2D eigenvalue weighted by molar-refractivity contribution is -0.161. The lowest BCUT2D eigenvalue weighted by Crippen LogP contribution is -2.29. The summed E-state index contributed by atoms with van der Waals surface area (Å²) < 4.78 is 31.8. The molecule has 10 heteroatoms. The second kappa shape index (κ2) is 29.1. The zero-order valence-electron chi connectivity index (χ0n) is 26.3. The molecule has 0 aromatic heterocycles. The predicted molar refractivity (Wildman–Crippen MR) is 165 cm³/mol. The Kier molecular flexibility index (Phi) is 28.4. The van der Waals surface area contributed by atoms with Crippen LogP contribution in [-0.4, -0.2) is 49.3 Å². The van der Waals surface area contributed by atoms with E-state index in [0.29, 0.717) is 6.42 Å². The van der Waals surface area contributed by atoms with Gasteiger partial charge in [0.2, 0.25) is 0 Å². The second-order valence-corrected chi connectivity index (χ2v) is 12.5. The number of phosphoric acid groups is 1. The first-order chi connectivity index (χ1) is 19.8. The van der Waals surface area contributed by atoms with Gasteiger partial charge in [-0.1, -0.05) is 129 Å². The van der Waals surface area contributed by atoms with Crippen LogP contribution in [0.15, 0.2) is 0 Å². The van der Waals surface area contributed by atoms with Crippen molar-refractivity contribution >= 4 is 19.8 Å². The molecule has 0 rings (SSSR count). The van der Waals surface area contributed by atoms with Crippen LogP contribution < -0.4 is 5.73 Å². The maximum absolute atomic E-state index is 12.1. The molecule has 41 heavy (non-hydrogen) atoms. The lowest BCUT2D eigenvalue weighted by atomic mass is 10.0. The van der Waals surface area contributed by atoms with Crippen molar-refractivity contribution in [2.45, 2.75) is 161 Å². The molecule has 0 amide bonds. The van der Waals surface area contributed by atoms with Crippen molar-refractivity contribution in [3.63, 3.8) is 0 Å². The monoisotopic (exact) mass is 607 g/mol. The highest BCUT2D eigenvalue weighted by Gasteiger charge is 2.25. The van der Waals surface area contributed by atoms with Crippen LogP contribution >= 0.6 is 7.82 Å². The Morgan fingerprint density at radius 2 is 1.10 bits per heavy atom. The summed E-state index contributed by atoms with van der Waals surface area (Å²) in [7, 11) is -4.33. The Labute approximate surface area is 250 Å². The van der Waals surface area contributed by atoms with Gasteiger partial charge >= 0.3 is 19.8 Å². The zero-order chi connectivity index (χ0) is 30.4. The van der Waals surface area contributed by atoms with Crippen molar-refractivity contribution in [1.29, 1.82) is 0 Å². The van der Waals surface area contributed by atoms with E-state index in [2.05, 4.69) is 11.4 Å². The normalized spacial score (nSPS) is 13.6. The molecular formula is C31H62NO8P. The van der Waals surface area contributed by atoms with E-state index in [9.17, 15) is 19.0 Å². The summed E-state index contributed by atoms with van der Waals surface area (Å²) in [4.78, 5) is 33.6. The van der Waals surface area contributed by atoms with Gasteiger partial charge in [0.15, 0.2) is 6.10 Å². The molecule has 9 nitrogen and oxygen atoms in total. The number of hydrogen-bond acceptors (Lipinski definition) is 8. The number of nitrogens with two attached hydrogens (primary N) is 1. The molecule has 0 fully saturated rings. The van der Waals surface area contributed by atoms with Crippen LogP contribution in [0.2, 0.25) is 0 Å². The number of carbonyl (C=O) groups is 2. The molecule has 0 bridgehead atoms. The molecule has 0 heterocycles. The highest BCUT2D eigenvalue weighted by Crippen LogP contribution is 2.43. The third kappa shape index (κ3) is 28.9. The van der Waals surface area contributed by atoms with E-state index in [4.69, 9.17) is 19.7 Å². The minimum atomic E-state index is -4.33. The summed E-state index contributed by atoms with van der Waals surface area (Å²) in [6, 6.07) is 0. The van der Waals surface area contributed by atoms with Gasteiger partial charge in [0.05, 0.1) is 13.2 Å². The number of rotatable bonds is 31. The fourth-order valence-corrected chi connectivity index (χ4v) is 5.32. The molecule has 0 aromatic carbocycles. The van der Waals surface area contributed by atoms with Gasteiger partial charge in [-0.05, 0) is 12.8 Å². The van der Waals surface area contributed by atoms with Gasteiger partial charge < -0.3 is 20.1 Å². The van der Waals surface area contributed by atoms with E-state index in [0.717, 1.165) is 19.3 Å². The molecule has 1 unspecified atom stereocenters. The van der Waals surface area contributed by atoms with E-state index in [1.807, 2.05) is 6.92 Å². The molecule has 2 atom stereocenters. The van der Waals surface area contributed by atoms with E-state index >= 15 is 0 Å². The van der Waals surface area contributed by atoms with Crippen LogP contribution in [0.1, 0.15) is 155 Å². The molecule has 0 spiro atoms. The summed E-state index contributed by atoms with van der Waals surface area (Å²) in [6.07, 6.45) is 24.6. The fraction of sp³-hybridized carbons (Fsp3) is 0.935. The SMILES string of the molecule is CCCCCCCCCCCCCCCCCCCCCC(=O)OC[C@H](COP(=O)(O)OCCN)OC(=O)CCC. The number of esters is 2. The average molecular weight is 608 g/mol. The number of unbranched alkanes of at least 4 members (excludes halogenated alkanes) is 18. The van der Waals surface area contributed by atoms with Crippen LogP contribution in [-0.2, 0) is 32.7 Å². The molecule has 0 saturated heterocycles. The first-order valence-electron chi connectivity index (χ1n) is 16.5. The van der Waals surface area contributed by atoms with E-state index in [-0.39, 0.29) is 38.6 Å². The number of hydrogen-bond donors (Lipinski definition) is 2. The minimum absolute atomic E-state index is 0.0555. The zero-order valence-corrected chi connectivity index (χ0v) is 27.2. The third-order valence-corrected chi connectivity index (χ3v) is 7.95. The number of phosphoric ester groups is 1. The van der Waals surface area contributed by atoms with E-state index < -0.39 is 26.5 Å². The molecule has 0 aromatic rings. The van der Waals surface area contributed by atoms with Crippen LogP contribution in [0.4, 0.5) is 0 Å². The van der Waals surface area contributed by atoms with Gasteiger partial charge in [-0.2, -0.15) is 0 Å². The van der Waals surface area contributed by atoms with Gasteiger partial charge in [0.1, 0.15) is 6.61 Å². The van der Waals surface area contributed by atoms with Crippen molar-refractivity contribution in [3.05, 3.63) is 0 Å². The van der Waals surface area contributed by atoms with Crippen LogP contribution in [0.3, 0.4) is 0 Å². The summed E-state index contributed by atoms with van der Waals surface area (Å²) in [5.41, 5.74) is 5.26. The molecule has 0 aliphatic carbocycles. The van der Waals surface area contributed by atoms with Gasteiger partial charge in [-0.25, -0.2) is 4.57 Å². The van der Waals surface area contributed by atoms with E-state index in [1.54, 1.807) is 0 Å². The fourth-order valence-electron chi connectivity index (χ4n) is 4.55. The Hall–Kier alpha value is -0.990. The number of carbonyl (C=O) groups excluding carboxylic acids is 2. The highest BCUT2D eigenvalue weighted by atomic mass is 31.2. The molecule has 0 aliphatic rings. The Bertz CT molecular complexity index is 664. The number of ether oxygens (including phenoxy) is 2. The lowest BCUT2D eigenvalue weighted by Gasteiger charge is -2.19. The first-order valence-corrected chi connectivity index (χ1v) is 18.0. The summed E-state index contributed by atoms with van der Waals surface area (Å²) >= 11 is 0. The molecule has 0 saturated carbocycles. The predicted octanol–water partition coefficient (Wildman–Crippen LogP) is 8.16. The molecule has 244 valence electrons. The van der Waals surface area contributed by atoms with Crippen molar-refractivity contribution in [1.82, 2.24) is 0 Å². The Morgan fingerprint density at radius 1 is 0.634 bits per heavy atom. The first kappa shape index (κ1) is 40.0. The standard InChI is InChI=1S/C31H62NO8P/c1-3-5-6-7-8-9-10-11-12-13-14-15-16-17-18-19-20-21-22-24-30(33)37-27-29(40-31(34)23-4-2)28-39-41(35,36)38-26-25-32/h29H,3-28,32H2,1-2H3,(H,35,36)/t29-/m1/s1. The van der Waals surface area contributed by atoms with Crippen molar-refractivity contribution in [3.8, 4) is 0 Å². The maximum atomic E-state index is 12.1. The topological polar surface area (TPSA) is 134 Å². The molecule has 0 aliphatic heterocycles. The molecule has 0 radical (unpaired) electrons. The van der Waals surface area contributed by atoms with Gasteiger partial charge in [0.25, 0.3) is 0 Å². The summed E-state index contributed by atoms with van der Waals surface area (Å²) in [5.74, 6) is -0.883. The maximum Gasteiger partial charge on any atom is 0.472 e. The Balaban J connectivity index is 3.76. The minimum Gasteiger partial charge on any atom is -0.462 e. The average Bonchev–Trinajstić information content (AvgIpc) is 2.94. The van der Waals surface area contributed by atoms with Gasteiger partial charge in [-0.15, -0.1) is 0 Å². The van der Waals surface area contributed by atoms with E-state index in [1.165, 1.54) is 103 Å². The van der Waals surface area contributed by atoms with Crippen molar-refractivity contribution in [2.24, 2.45) is 5.73 Å². The largest absolute Gasteiger partial charge is 0.472 e. The second-order valence-electron chi connectivity index (χ2n) is 11.0.